The van der Waals surface area contributed by atoms with Gasteiger partial charge in [0.25, 0.3) is 0 Å². The lowest BCUT2D eigenvalue weighted by atomic mass is 9.94. The molecule has 0 unspecified atom stereocenters. The number of aromatic nitrogens is 1. The van der Waals surface area contributed by atoms with Crippen LogP contribution in [0.25, 0.3) is 10.9 Å². The van der Waals surface area contributed by atoms with Crippen molar-refractivity contribution in [1.29, 1.82) is 0 Å². The van der Waals surface area contributed by atoms with Crippen molar-refractivity contribution >= 4 is 16.9 Å². The molecule has 1 aromatic heterocycles. The molecule has 0 atom stereocenters. The second-order valence-corrected chi connectivity index (χ2v) is 4.74. The van der Waals surface area contributed by atoms with Gasteiger partial charge in [-0.3, -0.25) is 0 Å². The highest BCUT2D eigenvalue weighted by Gasteiger charge is 2.20. The van der Waals surface area contributed by atoms with Crippen LogP contribution in [-0.4, -0.2) is 17.6 Å². The number of aryl methyl sites for hydroxylation is 2. The average molecular weight is 243 g/mol. The molecule has 3 heteroatoms. The van der Waals surface area contributed by atoms with E-state index in [9.17, 15) is 4.79 Å². The third kappa shape index (κ3) is 1.70. The van der Waals surface area contributed by atoms with Gasteiger partial charge < -0.3 is 9.72 Å². The summed E-state index contributed by atoms with van der Waals surface area (Å²) in [5.41, 5.74) is 4.38. The predicted octanol–water partition coefficient (Wildman–Crippen LogP) is 3.22. The van der Waals surface area contributed by atoms with Crippen LogP contribution < -0.4 is 0 Å². The number of hydrogen-bond donors (Lipinski definition) is 1. The molecule has 1 heterocycles. The van der Waals surface area contributed by atoms with Crippen LogP contribution in [0.15, 0.2) is 18.2 Å². The van der Waals surface area contributed by atoms with E-state index >= 15 is 0 Å². The Kier molecular flexibility index (Phi) is 2.82. The lowest BCUT2D eigenvalue weighted by molar-refractivity contribution is 0.0528. The summed E-state index contributed by atoms with van der Waals surface area (Å²) in [5, 5.41) is 1.07. The van der Waals surface area contributed by atoms with Crippen molar-refractivity contribution in [1.82, 2.24) is 4.98 Å². The third-order valence-electron chi connectivity index (χ3n) is 3.61. The zero-order valence-electron chi connectivity index (χ0n) is 10.6. The van der Waals surface area contributed by atoms with E-state index in [4.69, 9.17) is 4.74 Å². The van der Waals surface area contributed by atoms with E-state index in [2.05, 4.69) is 4.98 Å². The molecule has 94 valence electrons. The van der Waals surface area contributed by atoms with Crippen LogP contribution in [0.5, 0.6) is 0 Å². The predicted molar refractivity (Wildman–Crippen MR) is 70.9 cm³/mol. The van der Waals surface area contributed by atoms with Crippen LogP contribution in [0.1, 0.15) is 41.4 Å². The Morgan fingerprint density at radius 2 is 2.17 bits per heavy atom. The van der Waals surface area contributed by atoms with Crippen molar-refractivity contribution in [2.24, 2.45) is 0 Å². The number of nitrogens with one attached hydrogen (secondary N) is 1. The zero-order valence-corrected chi connectivity index (χ0v) is 10.6. The molecule has 1 aromatic carbocycles. The lowest BCUT2D eigenvalue weighted by Gasteiger charge is -2.11. The van der Waals surface area contributed by atoms with Crippen LogP contribution in [0.4, 0.5) is 0 Å². The van der Waals surface area contributed by atoms with Gasteiger partial charge in [-0.1, -0.05) is 6.07 Å². The Morgan fingerprint density at radius 1 is 1.33 bits per heavy atom. The number of carbonyl (C=O) groups is 1. The number of esters is 1. The number of hydrogen-bond acceptors (Lipinski definition) is 2. The van der Waals surface area contributed by atoms with Gasteiger partial charge in [0, 0.05) is 16.6 Å². The van der Waals surface area contributed by atoms with Gasteiger partial charge in [0.2, 0.25) is 0 Å². The molecule has 3 nitrogen and oxygen atoms in total. The molecule has 0 fully saturated rings. The van der Waals surface area contributed by atoms with Crippen molar-refractivity contribution in [2.45, 2.75) is 32.6 Å². The molecular formula is C15H17NO2. The number of benzene rings is 1. The summed E-state index contributed by atoms with van der Waals surface area (Å²) in [6.45, 7) is 2.26. The fourth-order valence-corrected chi connectivity index (χ4v) is 2.84. The van der Waals surface area contributed by atoms with E-state index in [-0.39, 0.29) is 5.97 Å². The van der Waals surface area contributed by atoms with E-state index in [0.29, 0.717) is 12.2 Å². The maximum atomic E-state index is 12.0. The maximum Gasteiger partial charge on any atom is 0.338 e. The standard InChI is InChI=1S/C15H17NO2/c1-2-18-15(17)11-7-5-9-13-14(11)10-6-3-4-8-12(10)16-13/h5,7,9,16H,2-4,6,8H2,1H3. The fraction of sp³-hybridized carbons (Fsp3) is 0.400. The minimum Gasteiger partial charge on any atom is -0.462 e. The van der Waals surface area contributed by atoms with Gasteiger partial charge in [-0.25, -0.2) is 4.79 Å². The van der Waals surface area contributed by atoms with Gasteiger partial charge in [0.1, 0.15) is 0 Å². The first-order valence-electron chi connectivity index (χ1n) is 6.61. The molecule has 0 saturated heterocycles. The van der Waals surface area contributed by atoms with Crippen molar-refractivity contribution < 1.29 is 9.53 Å². The second kappa shape index (κ2) is 4.48. The Morgan fingerprint density at radius 3 is 3.00 bits per heavy atom. The van der Waals surface area contributed by atoms with Crippen LogP contribution in [0.3, 0.4) is 0 Å². The minimum absolute atomic E-state index is 0.213. The Balaban J connectivity index is 2.19. The molecule has 0 aliphatic heterocycles. The molecule has 0 amide bonds. The summed E-state index contributed by atoms with van der Waals surface area (Å²) in [4.78, 5) is 15.5. The first kappa shape index (κ1) is 11.3. The fourth-order valence-electron chi connectivity index (χ4n) is 2.84. The molecule has 0 radical (unpaired) electrons. The highest BCUT2D eigenvalue weighted by molar-refractivity contribution is 6.05. The summed E-state index contributed by atoms with van der Waals surface area (Å²) >= 11 is 0. The molecular weight excluding hydrogens is 226 g/mol. The van der Waals surface area contributed by atoms with Crippen LogP contribution in [-0.2, 0) is 17.6 Å². The van der Waals surface area contributed by atoms with E-state index < -0.39 is 0 Å². The quantitative estimate of drug-likeness (QED) is 0.823. The number of fused-ring (bicyclic) bond motifs is 3. The minimum atomic E-state index is -0.213. The van der Waals surface area contributed by atoms with Crippen molar-refractivity contribution in [2.75, 3.05) is 6.61 Å². The largest absolute Gasteiger partial charge is 0.462 e. The molecule has 0 saturated carbocycles. The summed E-state index contributed by atoms with van der Waals surface area (Å²) in [5.74, 6) is -0.213. The Labute approximate surface area is 106 Å². The SMILES string of the molecule is CCOC(=O)c1cccc2[nH]c3c(c12)CCCC3. The molecule has 2 aromatic rings. The third-order valence-corrected chi connectivity index (χ3v) is 3.61. The van der Waals surface area contributed by atoms with Crippen molar-refractivity contribution in [3.8, 4) is 0 Å². The monoisotopic (exact) mass is 243 g/mol. The van der Waals surface area contributed by atoms with Gasteiger partial charge in [-0.15, -0.1) is 0 Å². The molecule has 0 bridgehead atoms. The van der Waals surface area contributed by atoms with E-state index in [1.807, 2.05) is 25.1 Å². The summed E-state index contributed by atoms with van der Waals surface area (Å²) in [6.07, 6.45) is 4.59. The van der Waals surface area contributed by atoms with Crippen LogP contribution in [0.2, 0.25) is 0 Å². The van der Waals surface area contributed by atoms with Gasteiger partial charge in [0.05, 0.1) is 12.2 Å². The first-order valence-corrected chi connectivity index (χ1v) is 6.61. The smallest absolute Gasteiger partial charge is 0.338 e. The molecule has 1 aliphatic rings. The van der Waals surface area contributed by atoms with E-state index in [1.165, 1.54) is 24.1 Å². The second-order valence-electron chi connectivity index (χ2n) is 4.74. The van der Waals surface area contributed by atoms with Crippen LogP contribution in [0, 0.1) is 0 Å². The number of aromatic amines is 1. The lowest BCUT2D eigenvalue weighted by Crippen LogP contribution is -2.06. The van der Waals surface area contributed by atoms with Crippen molar-refractivity contribution in [3.63, 3.8) is 0 Å². The maximum absolute atomic E-state index is 12.0. The van der Waals surface area contributed by atoms with Gasteiger partial charge >= 0.3 is 5.97 Å². The van der Waals surface area contributed by atoms with Gasteiger partial charge in [-0.05, 0) is 50.3 Å². The highest BCUT2D eigenvalue weighted by atomic mass is 16.5. The number of H-pyrrole nitrogens is 1. The topological polar surface area (TPSA) is 42.1 Å². The molecule has 1 aliphatic carbocycles. The zero-order chi connectivity index (χ0) is 12.5. The molecule has 1 N–H and O–H groups in total. The summed E-state index contributed by atoms with van der Waals surface area (Å²) in [6, 6.07) is 5.82. The average Bonchev–Trinajstić information content (AvgIpc) is 2.77. The van der Waals surface area contributed by atoms with Gasteiger partial charge in [-0.2, -0.15) is 0 Å². The number of ether oxygens (including phenoxy) is 1. The number of rotatable bonds is 2. The van der Waals surface area contributed by atoms with Crippen LogP contribution >= 0.6 is 0 Å². The summed E-state index contributed by atoms with van der Waals surface area (Å²) < 4.78 is 5.14. The summed E-state index contributed by atoms with van der Waals surface area (Å²) in [7, 11) is 0. The first-order chi connectivity index (χ1) is 8.81. The normalized spacial score (nSPS) is 14.5. The van der Waals surface area contributed by atoms with Crippen molar-refractivity contribution in [3.05, 3.63) is 35.0 Å². The van der Waals surface area contributed by atoms with E-state index in [1.54, 1.807) is 0 Å². The molecule has 3 rings (SSSR count). The van der Waals surface area contributed by atoms with Gasteiger partial charge in [0.15, 0.2) is 0 Å². The highest BCUT2D eigenvalue weighted by Crippen LogP contribution is 2.31. The Hall–Kier alpha value is -1.77. The Bertz CT molecular complexity index is 598. The van der Waals surface area contributed by atoms with E-state index in [0.717, 1.165) is 23.7 Å². The molecule has 0 spiro atoms. The number of carbonyl (C=O) groups excluding carboxylic acids is 1. The molecule has 18 heavy (non-hydrogen) atoms.